The number of halogens is 1. The molecule has 0 saturated carbocycles. The second-order valence-electron chi connectivity index (χ2n) is 3.85. The summed E-state index contributed by atoms with van der Waals surface area (Å²) in [6.07, 6.45) is 0. The number of rotatable bonds is 3. The second kappa shape index (κ2) is 6.12. The van der Waals surface area contributed by atoms with E-state index in [1.165, 1.54) is 0 Å². The predicted octanol–water partition coefficient (Wildman–Crippen LogP) is 4.00. The zero-order chi connectivity index (χ0) is 13.8. The lowest BCUT2D eigenvalue weighted by Gasteiger charge is -2.08. The van der Waals surface area contributed by atoms with Crippen molar-refractivity contribution < 1.29 is 9.53 Å². The van der Waals surface area contributed by atoms with Crippen molar-refractivity contribution in [3.8, 4) is 5.75 Å². The molecule has 2 rings (SSSR count). The van der Waals surface area contributed by atoms with Crippen molar-refractivity contribution in [2.24, 2.45) is 0 Å². The summed E-state index contributed by atoms with van der Waals surface area (Å²) in [7, 11) is 1.58. The third-order valence-corrected chi connectivity index (χ3v) is 3.40. The van der Waals surface area contributed by atoms with Crippen molar-refractivity contribution in [2.45, 2.75) is 4.90 Å². The van der Waals surface area contributed by atoms with E-state index in [0.717, 1.165) is 4.47 Å². The van der Waals surface area contributed by atoms with Crippen LogP contribution in [0.5, 0.6) is 5.75 Å². The molecule has 0 atom stereocenters. The van der Waals surface area contributed by atoms with Crippen LogP contribution in [-0.4, -0.2) is 13.0 Å². The zero-order valence-corrected chi connectivity index (χ0v) is 12.7. The molecule has 0 aliphatic carbocycles. The molecule has 19 heavy (non-hydrogen) atoms. The SMILES string of the molecule is COc1cccc(NC(=O)c2ccc(Br)cc2S)c1. The second-order valence-corrected chi connectivity index (χ2v) is 5.25. The van der Waals surface area contributed by atoms with Gasteiger partial charge in [0.15, 0.2) is 0 Å². The Morgan fingerprint density at radius 1 is 1.26 bits per heavy atom. The number of amides is 1. The molecule has 0 spiro atoms. The molecule has 0 unspecified atom stereocenters. The Bertz CT molecular complexity index is 616. The Hall–Kier alpha value is -1.46. The van der Waals surface area contributed by atoms with Crippen LogP contribution in [0.3, 0.4) is 0 Å². The molecule has 0 radical (unpaired) electrons. The van der Waals surface area contributed by atoms with Crippen LogP contribution in [0.1, 0.15) is 10.4 Å². The van der Waals surface area contributed by atoms with E-state index in [4.69, 9.17) is 4.74 Å². The fourth-order valence-corrected chi connectivity index (χ4v) is 2.45. The number of nitrogens with one attached hydrogen (secondary N) is 1. The van der Waals surface area contributed by atoms with Crippen molar-refractivity contribution in [2.75, 3.05) is 12.4 Å². The summed E-state index contributed by atoms with van der Waals surface area (Å²) in [5.74, 6) is 0.491. The van der Waals surface area contributed by atoms with Crippen LogP contribution in [0, 0.1) is 0 Å². The van der Waals surface area contributed by atoms with Gasteiger partial charge in [0.2, 0.25) is 0 Å². The Labute approximate surface area is 125 Å². The molecule has 1 N–H and O–H groups in total. The monoisotopic (exact) mass is 337 g/mol. The summed E-state index contributed by atoms with van der Waals surface area (Å²) in [5, 5.41) is 2.81. The van der Waals surface area contributed by atoms with Crippen LogP contribution in [0.15, 0.2) is 51.8 Å². The van der Waals surface area contributed by atoms with Crippen molar-refractivity contribution in [1.29, 1.82) is 0 Å². The first-order valence-electron chi connectivity index (χ1n) is 5.54. The molecule has 0 bridgehead atoms. The molecule has 0 fully saturated rings. The topological polar surface area (TPSA) is 38.3 Å². The molecule has 1 amide bonds. The van der Waals surface area contributed by atoms with Crippen molar-refractivity contribution >= 4 is 40.2 Å². The maximum absolute atomic E-state index is 12.1. The minimum absolute atomic E-state index is 0.203. The highest BCUT2D eigenvalue weighted by Crippen LogP contribution is 2.22. The van der Waals surface area contributed by atoms with E-state index in [2.05, 4.69) is 33.9 Å². The molecule has 0 aliphatic rings. The quantitative estimate of drug-likeness (QED) is 0.831. The van der Waals surface area contributed by atoms with Crippen molar-refractivity contribution in [1.82, 2.24) is 0 Å². The summed E-state index contributed by atoms with van der Waals surface area (Å²) >= 11 is 7.63. The van der Waals surface area contributed by atoms with Gasteiger partial charge in [-0.05, 0) is 30.3 Å². The van der Waals surface area contributed by atoms with E-state index in [0.29, 0.717) is 21.9 Å². The summed E-state index contributed by atoms with van der Waals surface area (Å²) in [6.45, 7) is 0. The normalized spacial score (nSPS) is 10.1. The van der Waals surface area contributed by atoms with Crippen LogP contribution in [0.2, 0.25) is 0 Å². The van der Waals surface area contributed by atoms with E-state index in [-0.39, 0.29) is 5.91 Å². The van der Waals surface area contributed by atoms with E-state index in [1.54, 1.807) is 37.4 Å². The van der Waals surface area contributed by atoms with E-state index >= 15 is 0 Å². The predicted molar refractivity (Wildman–Crippen MR) is 82.3 cm³/mol. The highest BCUT2D eigenvalue weighted by atomic mass is 79.9. The highest BCUT2D eigenvalue weighted by Gasteiger charge is 2.10. The molecule has 2 aromatic carbocycles. The average molecular weight is 338 g/mol. The van der Waals surface area contributed by atoms with Crippen LogP contribution >= 0.6 is 28.6 Å². The molecule has 98 valence electrons. The standard InChI is InChI=1S/C14H12BrNO2S/c1-18-11-4-2-3-10(8-11)16-14(17)12-6-5-9(15)7-13(12)19/h2-8,19H,1H3,(H,16,17). The van der Waals surface area contributed by atoms with Gasteiger partial charge in [0.1, 0.15) is 5.75 Å². The third-order valence-electron chi connectivity index (χ3n) is 2.53. The van der Waals surface area contributed by atoms with Crippen LogP contribution in [-0.2, 0) is 0 Å². The number of anilines is 1. The molecule has 0 saturated heterocycles. The maximum Gasteiger partial charge on any atom is 0.256 e. The number of carbonyl (C=O) groups excluding carboxylic acids is 1. The number of ether oxygens (including phenoxy) is 1. The number of hydrogen-bond acceptors (Lipinski definition) is 3. The van der Waals surface area contributed by atoms with E-state index in [1.807, 2.05) is 12.1 Å². The number of methoxy groups -OCH3 is 1. The van der Waals surface area contributed by atoms with Gasteiger partial charge in [-0.3, -0.25) is 4.79 Å². The maximum atomic E-state index is 12.1. The van der Waals surface area contributed by atoms with Gasteiger partial charge in [-0.2, -0.15) is 0 Å². The van der Waals surface area contributed by atoms with Crippen molar-refractivity contribution in [3.05, 3.63) is 52.5 Å². The molecular weight excluding hydrogens is 326 g/mol. The molecule has 0 aliphatic heterocycles. The smallest absolute Gasteiger partial charge is 0.256 e. The van der Waals surface area contributed by atoms with Gasteiger partial charge >= 0.3 is 0 Å². The number of hydrogen-bond donors (Lipinski definition) is 2. The average Bonchev–Trinajstić information content (AvgIpc) is 2.38. The van der Waals surface area contributed by atoms with E-state index < -0.39 is 0 Å². The fraction of sp³-hybridized carbons (Fsp3) is 0.0714. The van der Waals surface area contributed by atoms with Gasteiger partial charge in [-0.15, -0.1) is 12.6 Å². The Morgan fingerprint density at radius 2 is 2.05 bits per heavy atom. The van der Waals surface area contributed by atoms with Crippen LogP contribution in [0.4, 0.5) is 5.69 Å². The summed E-state index contributed by atoms with van der Waals surface area (Å²) in [4.78, 5) is 12.7. The molecule has 0 heterocycles. The van der Waals surface area contributed by atoms with Gasteiger partial charge in [-0.25, -0.2) is 0 Å². The van der Waals surface area contributed by atoms with Crippen LogP contribution < -0.4 is 10.1 Å². The zero-order valence-electron chi connectivity index (χ0n) is 10.2. The first kappa shape index (κ1) is 14.0. The Balaban J connectivity index is 2.20. The van der Waals surface area contributed by atoms with Gasteiger partial charge in [-0.1, -0.05) is 22.0 Å². The summed E-state index contributed by atoms with van der Waals surface area (Å²) in [5.41, 5.74) is 1.20. The highest BCUT2D eigenvalue weighted by molar-refractivity contribution is 9.10. The molecule has 0 aromatic heterocycles. The Kier molecular flexibility index (Phi) is 4.50. The van der Waals surface area contributed by atoms with Gasteiger partial charge in [0.25, 0.3) is 5.91 Å². The molecule has 2 aromatic rings. The molecule has 5 heteroatoms. The number of carbonyl (C=O) groups is 1. The minimum Gasteiger partial charge on any atom is -0.497 e. The number of thiol groups is 1. The first-order valence-corrected chi connectivity index (χ1v) is 6.78. The van der Waals surface area contributed by atoms with E-state index in [9.17, 15) is 4.79 Å². The van der Waals surface area contributed by atoms with Crippen LogP contribution in [0.25, 0.3) is 0 Å². The largest absolute Gasteiger partial charge is 0.497 e. The number of benzene rings is 2. The first-order chi connectivity index (χ1) is 9.10. The summed E-state index contributed by atoms with van der Waals surface area (Å²) in [6, 6.07) is 12.5. The summed E-state index contributed by atoms with van der Waals surface area (Å²) < 4.78 is 5.99. The molecular formula is C14H12BrNO2S. The lowest BCUT2D eigenvalue weighted by atomic mass is 10.2. The lowest BCUT2D eigenvalue weighted by Crippen LogP contribution is -2.12. The van der Waals surface area contributed by atoms with Crippen molar-refractivity contribution in [3.63, 3.8) is 0 Å². The van der Waals surface area contributed by atoms with Gasteiger partial charge in [0, 0.05) is 21.1 Å². The lowest BCUT2D eigenvalue weighted by molar-refractivity contribution is 0.102. The fourth-order valence-electron chi connectivity index (χ4n) is 1.60. The minimum atomic E-state index is -0.203. The molecule has 3 nitrogen and oxygen atoms in total. The van der Waals surface area contributed by atoms with Gasteiger partial charge in [0.05, 0.1) is 12.7 Å². The van der Waals surface area contributed by atoms with Gasteiger partial charge < -0.3 is 10.1 Å². The Morgan fingerprint density at radius 3 is 2.74 bits per heavy atom. The third kappa shape index (κ3) is 3.52.